The highest BCUT2D eigenvalue weighted by Gasteiger charge is 2.13. The fourth-order valence-corrected chi connectivity index (χ4v) is 3.64. The topological polar surface area (TPSA) is 65.4 Å². The summed E-state index contributed by atoms with van der Waals surface area (Å²) in [7, 11) is 0. The molecule has 0 aliphatic heterocycles. The van der Waals surface area contributed by atoms with Crippen LogP contribution in [0.25, 0.3) is 5.69 Å². The lowest BCUT2D eigenvalue weighted by Crippen LogP contribution is -2.15. The Kier molecular flexibility index (Phi) is 7.19. The van der Waals surface area contributed by atoms with Gasteiger partial charge in [0.15, 0.2) is 5.16 Å². The van der Waals surface area contributed by atoms with E-state index in [-0.39, 0.29) is 11.7 Å². The van der Waals surface area contributed by atoms with Crippen molar-refractivity contribution in [2.24, 2.45) is 0 Å². The standard InChI is InChI=1S/C22H25N3O3S/c1-4-27-17-10-11-20(28-5-2)18(14-17)24-21(26)15-29-22-23-12-13-25(22)19-9-7-6-8-16(19)3/h6-14H,4-5,15H2,1-3H3,(H,24,26). The van der Waals surface area contributed by atoms with Gasteiger partial charge in [0.05, 0.1) is 30.3 Å². The number of imidazole rings is 1. The highest BCUT2D eigenvalue weighted by Crippen LogP contribution is 2.30. The number of thioether (sulfide) groups is 1. The van der Waals surface area contributed by atoms with Crippen molar-refractivity contribution >= 4 is 23.4 Å². The van der Waals surface area contributed by atoms with Crippen LogP contribution in [-0.2, 0) is 4.79 Å². The summed E-state index contributed by atoms with van der Waals surface area (Å²) < 4.78 is 13.1. The van der Waals surface area contributed by atoms with Gasteiger partial charge in [-0.05, 0) is 44.5 Å². The van der Waals surface area contributed by atoms with Gasteiger partial charge in [0, 0.05) is 18.5 Å². The minimum Gasteiger partial charge on any atom is -0.494 e. The van der Waals surface area contributed by atoms with Gasteiger partial charge in [-0.2, -0.15) is 0 Å². The Morgan fingerprint density at radius 3 is 2.69 bits per heavy atom. The predicted molar refractivity (Wildman–Crippen MR) is 116 cm³/mol. The quantitative estimate of drug-likeness (QED) is 0.517. The predicted octanol–water partition coefficient (Wildman–Crippen LogP) is 4.71. The zero-order valence-corrected chi connectivity index (χ0v) is 17.7. The molecule has 0 aliphatic carbocycles. The third-order valence-corrected chi connectivity index (χ3v) is 5.12. The van der Waals surface area contributed by atoms with Gasteiger partial charge in [0.1, 0.15) is 11.5 Å². The smallest absolute Gasteiger partial charge is 0.234 e. The van der Waals surface area contributed by atoms with Crippen LogP contribution in [0.2, 0.25) is 0 Å². The number of hydrogen-bond donors (Lipinski definition) is 1. The second kappa shape index (κ2) is 10.0. The molecule has 0 atom stereocenters. The summed E-state index contributed by atoms with van der Waals surface area (Å²) in [6.45, 7) is 6.95. The van der Waals surface area contributed by atoms with Crippen molar-refractivity contribution in [1.82, 2.24) is 9.55 Å². The highest BCUT2D eigenvalue weighted by atomic mass is 32.2. The average molecular weight is 412 g/mol. The molecule has 0 aliphatic rings. The number of benzene rings is 2. The first kappa shape index (κ1) is 20.8. The molecule has 0 bridgehead atoms. The number of para-hydroxylation sites is 1. The molecule has 6 nitrogen and oxygen atoms in total. The van der Waals surface area contributed by atoms with Gasteiger partial charge in [0.2, 0.25) is 5.91 Å². The number of ether oxygens (including phenoxy) is 2. The molecule has 3 aromatic rings. The number of carbonyl (C=O) groups excluding carboxylic acids is 1. The zero-order valence-electron chi connectivity index (χ0n) is 16.8. The van der Waals surface area contributed by atoms with Gasteiger partial charge in [-0.25, -0.2) is 4.98 Å². The third-order valence-electron chi connectivity index (χ3n) is 4.15. The maximum Gasteiger partial charge on any atom is 0.234 e. The van der Waals surface area contributed by atoms with Crippen LogP contribution in [0.1, 0.15) is 19.4 Å². The minimum absolute atomic E-state index is 0.135. The molecule has 1 aromatic heterocycles. The van der Waals surface area contributed by atoms with Crippen molar-refractivity contribution in [3.63, 3.8) is 0 Å². The first-order chi connectivity index (χ1) is 14.1. The first-order valence-corrected chi connectivity index (χ1v) is 10.5. The van der Waals surface area contributed by atoms with Crippen molar-refractivity contribution in [3.8, 4) is 17.2 Å². The fraction of sp³-hybridized carbons (Fsp3) is 0.273. The molecule has 7 heteroatoms. The summed E-state index contributed by atoms with van der Waals surface area (Å²) in [5.74, 6) is 1.40. The van der Waals surface area contributed by atoms with Crippen LogP contribution < -0.4 is 14.8 Å². The molecule has 1 N–H and O–H groups in total. The maximum absolute atomic E-state index is 12.6. The SMILES string of the molecule is CCOc1ccc(OCC)c(NC(=O)CSc2nccn2-c2ccccc2C)c1. The average Bonchev–Trinajstić information content (AvgIpc) is 3.17. The molecular formula is C22H25N3O3S. The number of carbonyl (C=O) groups is 1. The monoisotopic (exact) mass is 411 g/mol. The number of rotatable bonds is 9. The molecule has 0 radical (unpaired) electrons. The Balaban J connectivity index is 1.69. The molecule has 0 spiro atoms. The van der Waals surface area contributed by atoms with Crippen molar-refractivity contribution in [1.29, 1.82) is 0 Å². The summed E-state index contributed by atoms with van der Waals surface area (Å²) >= 11 is 1.39. The Morgan fingerprint density at radius 2 is 1.93 bits per heavy atom. The van der Waals surface area contributed by atoms with Crippen molar-refractivity contribution < 1.29 is 14.3 Å². The van der Waals surface area contributed by atoms with Crippen molar-refractivity contribution in [3.05, 3.63) is 60.4 Å². The molecule has 0 fully saturated rings. The third kappa shape index (κ3) is 5.32. The van der Waals surface area contributed by atoms with Gasteiger partial charge in [-0.1, -0.05) is 30.0 Å². The molecule has 0 saturated carbocycles. The first-order valence-electron chi connectivity index (χ1n) is 9.54. The van der Waals surface area contributed by atoms with Crippen molar-refractivity contribution in [2.75, 3.05) is 24.3 Å². The van der Waals surface area contributed by atoms with Crippen molar-refractivity contribution in [2.45, 2.75) is 25.9 Å². The van der Waals surface area contributed by atoms with Gasteiger partial charge in [-0.3, -0.25) is 9.36 Å². The lowest BCUT2D eigenvalue weighted by atomic mass is 10.2. The summed E-state index contributed by atoms with van der Waals surface area (Å²) in [5, 5.41) is 3.69. The molecule has 1 amide bonds. The van der Waals surface area contributed by atoms with Crippen LogP contribution in [-0.4, -0.2) is 34.4 Å². The normalized spacial score (nSPS) is 10.6. The van der Waals surface area contributed by atoms with E-state index >= 15 is 0 Å². The van der Waals surface area contributed by atoms with Gasteiger partial charge < -0.3 is 14.8 Å². The van der Waals surface area contributed by atoms with E-state index < -0.39 is 0 Å². The Hall–Kier alpha value is -2.93. The number of aromatic nitrogens is 2. The Morgan fingerprint density at radius 1 is 1.14 bits per heavy atom. The highest BCUT2D eigenvalue weighted by molar-refractivity contribution is 7.99. The summed E-state index contributed by atoms with van der Waals surface area (Å²) in [4.78, 5) is 17.0. The maximum atomic E-state index is 12.6. The Labute approximate surface area is 175 Å². The number of anilines is 1. The van der Waals surface area contributed by atoms with E-state index in [9.17, 15) is 4.79 Å². The van der Waals surface area contributed by atoms with E-state index in [0.29, 0.717) is 30.4 Å². The lowest BCUT2D eigenvalue weighted by Gasteiger charge is -2.14. The van der Waals surface area contributed by atoms with E-state index in [0.717, 1.165) is 16.4 Å². The minimum atomic E-state index is -0.135. The van der Waals surface area contributed by atoms with Gasteiger partial charge in [0.25, 0.3) is 0 Å². The summed E-state index contributed by atoms with van der Waals surface area (Å²) in [6, 6.07) is 13.5. The van der Waals surface area contributed by atoms with E-state index in [1.165, 1.54) is 11.8 Å². The van der Waals surface area contributed by atoms with E-state index in [1.54, 1.807) is 12.3 Å². The van der Waals surface area contributed by atoms with Crippen LogP contribution in [0.15, 0.2) is 60.0 Å². The van der Waals surface area contributed by atoms with Crippen LogP contribution in [0.5, 0.6) is 11.5 Å². The van der Waals surface area contributed by atoms with Crippen LogP contribution in [0.3, 0.4) is 0 Å². The zero-order chi connectivity index (χ0) is 20.6. The molecule has 29 heavy (non-hydrogen) atoms. The molecule has 1 heterocycles. The molecule has 2 aromatic carbocycles. The number of amides is 1. The van der Waals surface area contributed by atoms with E-state index in [1.807, 2.05) is 54.9 Å². The van der Waals surface area contributed by atoms with E-state index in [4.69, 9.17) is 9.47 Å². The molecule has 0 unspecified atom stereocenters. The van der Waals surface area contributed by atoms with E-state index in [2.05, 4.69) is 23.3 Å². The Bertz CT molecular complexity index is 971. The second-order valence-corrected chi connectivity index (χ2v) is 7.17. The number of nitrogens with zero attached hydrogens (tertiary/aromatic N) is 2. The molecule has 152 valence electrons. The fourth-order valence-electron chi connectivity index (χ4n) is 2.87. The molecule has 0 saturated heterocycles. The van der Waals surface area contributed by atoms with Crippen LogP contribution >= 0.6 is 11.8 Å². The van der Waals surface area contributed by atoms with Crippen LogP contribution in [0, 0.1) is 6.92 Å². The largest absolute Gasteiger partial charge is 0.494 e. The lowest BCUT2D eigenvalue weighted by molar-refractivity contribution is -0.113. The number of hydrogen-bond acceptors (Lipinski definition) is 5. The number of aryl methyl sites for hydroxylation is 1. The van der Waals surface area contributed by atoms with Gasteiger partial charge >= 0.3 is 0 Å². The van der Waals surface area contributed by atoms with Gasteiger partial charge in [-0.15, -0.1) is 0 Å². The molecule has 3 rings (SSSR count). The second-order valence-electron chi connectivity index (χ2n) is 6.23. The summed E-state index contributed by atoms with van der Waals surface area (Å²) in [5.41, 5.74) is 2.80. The molecular weight excluding hydrogens is 386 g/mol. The summed E-state index contributed by atoms with van der Waals surface area (Å²) in [6.07, 6.45) is 3.65. The number of nitrogens with one attached hydrogen (secondary N) is 1. The van der Waals surface area contributed by atoms with Crippen LogP contribution in [0.4, 0.5) is 5.69 Å².